The fraction of sp³-hybridized carbons (Fsp3) is 0.200. The van der Waals surface area contributed by atoms with Gasteiger partial charge in [-0.15, -0.1) is 0 Å². The van der Waals surface area contributed by atoms with E-state index in [0.717, 1.165) is 23.5 Å². The average Bonchev–Trinajstić information content (AvgIpc) is 2.42. The standard InChI is InChI=1S/C15H17IN2O/c1-2-9-19-15-10-13(7-8-14(15)17)18-12-5-3-11(16)4-6-12/h3-8,10,18H,2,9,17H2,1H3. The molecule has 0 aliphatic carbocycles. The maximum absolute atomic E-state index is 5.89. The van der Waals surface area contributed by atoms with Crippen molar-refractivity contribution < 1.29 is 4.74 Å². The largest absolute Gasteiger partial charge is 0.491 e. The van der Waals surface area contributed by atoms with Crippen molar-refractivity contribution >= 4 is 39.7 Å². The molecule has 0 atom stereocenters. The molecule has 0 aliphatic rings. The monoisotopic (exact) mass is 368 g/mol. The van der Waals surface area contributed by atoms with Crippen LogP contribution >= 0.6 is 22.6 Å². The molecule has 0 saturated heterocycles. The number of nitrogens with one attached hydrogen (secondary N) is 1. The van der Waals surface area contributed by atoms with Crippen LogP contribution < -0.4 is 15.8 Å². The molecular formula is C15H17IN2O. The highest BCUT2D eigenvalue weighted by molar-refractivity contribution is 14.1. The first-order valence-corrected chi connectivity index (χ1v) is 7.32. The molecule has 2 rings (SSSR count). The third-order valence-electron chi connectivity index (χ3n) is 2.61. The first-order chi connectivity index (χ1) is 9.19. The first kappa shape index (κ1) is 14.0. The minimum atomic E-state index is 0.668. The Kier molecular flexibility index (Phi) is 4.90. The molecule has 0 amide bonds. The van der Waals surface area contributed by atoms with E-state index in [1.165, 1.54) is 3.57 Å². The summed E-state index contributed by atoms with van der Waals surface area (Å²) in [5.41, 5.74) is 8.58. The lowest BCUT2D eigenvalue weighted by Crippen LogP contribution is -2.00. The summed E-state index contributed by atoms with van der Waals surface area (Å²) >= 11 is 2.29. The second kappa shape index (κ2) is 6.65. The van der Waals surface area contributed by atoms with Crippen LogP contribution in [-0.4, -0.2) is 6.61 Å². The van der Waals surface area contributed by atoms with Gasteiger partial charge in [0.2, 0.25) is 0 Å². The van der Waals surface area contributed by atoms with Gasteiger partial charge < -0.3 is 15.8 Å². The van der Waals surface area contributed by atoms with Crippen molar-refractivity contribution in [2.75, 3.05) is 17.7 Å². The molecule has 0 heterocycles. The predicted octanol–water partition coefficient (Wildman–Crippen LogP) is 4.41. The third kappa shape index (κ3) is 4.02. The Labute approximate surface area is 127 Å². The van der Waals surface area contributed by atoms with Crippen LogP contribution in [0.4, 0.5) is 17.1 Å². The van der Waals surface area contributed by atoms with Gasteiger partial charge in [0.15, 0.2) is 0 Å². The Morgan fingerprint density at radius 2 is 1.79 bits per heavy atom. The summed E-state index contributed by atoms with van der Waals surface area (Å²) in [7, 11) is 0. The molecule has 3 nitrogen and oxygen atoms in total. The van der Waals surface area contributed by atoms with Crippen LogP contribution in [0, 0.1) is 3.57 Å². The Morgan fingerprint density at radius 1 is 1.11 bits per heavy atom. The zero-order chi connectivity index (χ0) is 13.7. The van der Waals surface area contributed by atoms with E-state index in [1.807, 2.05) is 30.3 Å². The van der Waals surface area contributed by atoms with E-state index in [9.17, 15) is 0 Å². The summed E-state index contributed by atoms with van der Waals surface area (Å²) in [6.07, 6.45) is 0.966. The zero-order valence-corrected chi connectivity index (χ0v) is 13.0. The molecule has 0 unspecified atom stereocenters. The normalized spacial score (nSPS) is 10.2. The number of halogens is 1. The third-order valence-corrected chi connectivity index (χ3v) is 3.33. The van der Waals surface area contributed by atoms with Crippen molar-refractivity contribution in [3.05, 3.63) is 46.0 Å². The molecule has 2 aromatic carbocycles. The summed E-state index contributed by atoms with van der Waals surface area (Å²) < 4.78 is 6.83. The first-order valence-electron chi connectivity index (χ1n) is 6.24. The van der Waals surface area contributed by atoms with Crippen molar-refractivity contribution in [3.63, 3.8) is 0 Å². The average molecular weight is 368 g/mol. The summed E-state index contributed by atoms with van der Waals surface area (Å²) in [5, 5.41) is 3.34. The van der Waals surface area contributed by atoms with Crippen LogP contribution in [0.1, 0.15) is 13.3 Å². The summed E-state index contributed by atoms with van der Waals surface area (Å²) in [4.78, 5) is 0. The van der Waals surface area contributed by atoms with Crippen LogP contribution in [-0.2, 0) is 0 Å². The van der Waals surface area contributed by atoms with Gasteiger partial charge in [0.25, 0.3) is 0 Å². The second-order valence-electron chi connectivity index (χ2n) is 4.23. The molecular weight excluding hydrogens is 351 g/mol. The lowest BCUT2D eigenvalue weighted by atomic mass is 10.2. The smallest absolute Gasteiger partial charge is 0.144 e. The molecule has 0 aromatic heterocycles. The van der Waals surface area contributed by atoms with E-state index >= 15 is 0 Å². The van der Waals surface area contributed by atoms with E-state index in [2.05, 4.69) is 47.0 Å². The lowest BCUT2D eigenvalue weighted by molar-refractivity contribution is 0.319. The summed E-state index contributed by atoms with van der Waals surface area (Å²) in [6.45, 7) is 2.75. The van der Waals surface area contributed by atoms with Gasteiger partial charge in [0, 0.05) is 21.0 Å². The molecule has 19 heavy (non-hydrogen) atoms. The number of hydrogen-bond donors (Lipinski definition) is 2. The number of hydrogen-bond acceptors (Lipinski definition) is 3. The fourth-order valence-electron chi connectivity index (χ4n) is 1.65. The van der Waals surface area contributed by atoms with Gasteiger partial charge in [0.05, 0.1) is 12.3 Å². The van der Waals surface area contributed by atoms with Crippen molar-refractivity contribution in [1.82, 2.24) is 0 Å². The van der Waals surface area contributed by atoms with E-state index in [1.54, 1.807) is 0 Å². The van der Waals surface area contributed by atoms with E-state index in [-0.39, 0.29) is 0 Å². The fourth-order valence-corrected chi connectivity index (χ4v) is 2.01. The molecule has 3 N–H and O–H groups in total. The molecule has 0 radical (unpaired) electrons. The molecule has 0 spiro atoms. The highest BCUT2D eigenvalue weighted by atomic mass is 127. The van der Waals surface area contributed by atoms with Gasteiger partial charge in [-0.1, -0.05) is 6.92 Å². The second-order valence-corrected chi connectivity index (χ2v) is 5.48. The number of nitrogens with two attached hydrogens (primary N) is 1. The Balaban J connectivity index is 2.14. The summed E-state index contributed by atoms with van der Waals surface area (Å²) in [6, 6.07) is 14.0. The Hall–Kier alpha value is -1.43. The van der Waals surface area contributed by atoms with Crippen molar-refractivity contribution in [2.24, 2.45) is 0 Å². The molecule has 0 fully saturated rings. The SMILES string of the molecule is CCCOc1cc(Nc2ccc(I)cc2)ccc1N. The van der Waals surface area contributed by atoms with Crippen molar-refractivity contribution in [2.45, 2.75) is 13.3 Å². The number of rotatable bonds is 5. The van der Waals surface area contributed by atoms with Crippen molar-refractivity contribution in [3.8, 4) is 5.75 Å². The molecule has 4 heteroatoms. The molecule has 0 bridgehead atoms. The number of nitrogen functional groups attached to an aromatic ring is 1. The highest BCUT2D eigenvalue weighted by Gasteiger charge is 2.02. The van der Waals surface area contributed by atoms with E-state index in [4.69, 9.17) is 10.5 Å². The summed E-state index contributed by atoms with van der Waals surface area (Å²) in [5.74, 6) is 0.734. The van der Waals surface area contributed by atoms with Crippen LogP contribution in [0.15, 0.2) is 42.5 Å². The zero-order valence-electron chi connectivity index (χ0n) is 10.8. The van der Waals surface area contributed by atoms with Gasteiger partial charge in [-0.25, -0.2) is 0 Å². The van der Waals surface area contributed by atoms with E-state index < -0.39 is 0 Å². The van der Waals surface area contributed by atoms with Crippen LogP contribution in [0.5, 0.6) is 5.75 Å². The van der Waals surface area contributed by atoms with Gasteiger partial charge >= 0.3 is 0 Å². The van der Waals surface area contributed by atoms with Crippen LogP contribution in [0.3, 0.4) is 0 Å². The van der Waals surface area contributed by atoms with E-state index in [0.29, 0.717) is 12.3 Å². The van der Waals surface area contributed by atoms with Crippen LogP contribution in [0.2, 0.25) is 0 Å². The number of benzene rings is 2. The molecule has 2 aromatic rings. The van der Waals surface area contributed by atoms with Gasteiger partial charge in [-0.3, -0.25) is 0 Å². The molecule has 0 saturated carbocycles. The quantitative estimate of drug-likeness (QED) is 0.607. The van der Waals surface area contributed by atoms with Gasteiger partial charge in [-0.05, 0) is 65.4 Å². The Bertz CT molecular complexity index is 540. The van der Waals surface area contributed by atoms with Gasteiger partial charge in [-0.2, -0.15) is 0 Å². The number of anilines is 3. The van der Waals surface area contributed by atoms with Crippen molar-refractivity contribution in [1.29, 1.82) is 0 Å². The maximum atomic E-state index is 5.89. The van der Waals surface area contributed by atoms with Gasteiger partial charge in [0.1, 0.15) is 5.75 Å². The lowest BCUT2D eigenvalue weighted by Gasteiger charge is -2.11. The maximum Gasteiger partial charge on any atom is 0.144 e. The molecule has 100 valence electrons. The predicted molar refractivity (Wildman–Crippen MR) is 89.1 cm³/mol. The number of ether oxygens (including phenoxy) is 1. The minimum absolute atomic E-state index is 0.668. The van der Waals surface area contributed by atoms with Crippen LogP contribution in [0.25, 0.3) is 0 Å². The molecule has 0 aliphatic heterocycles. The highest BCUT2D eigenvalue weighted by Crippen LogP contribution is 2.27. The minimum Gasteiger partial charge on any atom is -0.491 e. The Morgan fingerprint density at radius 3 is 2.47 bits per heavy atom. The topological polar surface area (TPSA) is 47.3 Å².